The number of aliphatic hydroxyl groups is 2. The molecule has 9 nitrogen and oxygen atoms in total. The van der Waals surface area contributed by atoms with Crippen LogP contribution in [0, 0.1) is 0 Å². The fourth-order valence-corrected chi connectivity index (χ4v) is 1.42. The summed E-state index contributed by atoms with van der Waals surface area (Å²) in [4.78, 5) is 10.3. The molecule has 1 heterocycles. The molecule has 0 spiro atoms. The Bertz CT molecular complexity index is 463. The van der Waals surface area contributed by atoms with E-state index in [1.54, 1.807) is 0 Å². The molecule has 0 saturated heterocycles. The summed E-state index contributed by atoms with van der Waals surface area (Å²) in [5.74, 6) is 0.113. The number of hydrogen-bond acceptors (Lipinski definition) is 7. The summed E-state index contributed by atoms with van der Waals surface area (Å²) in [5.41, 5.74) is 8.37. The molecule has 0 amide bonds. The highest BCUT2D eigenvalue weighted by atomic mass is 16.5. The van der Waals surface area contributed by atoms with Crippen molar-refractivity contribution in [3.63, 3.8) is 0 Å². The molecule has 0 fully saturated rings. The van der Waals surface area contributed by atoms with Crippen molar-refractivity contribution >= 4 is 0 Å². The van der Waals surface area contributed by atoms with Gasteiger partial charge in [-0.25, -0.2) is 4.98 Å². The second-order valence-corrected chi connectivity index (χ2v) is 3.58. The molecule has 2 atom stereocenters. The fraction of sp³-hybridized carbons (Fsp3) is 0.600. The van der Waals surface area contributed by atoms with Gasteiger partial charge in [-0.2, -0.15) is 4.98 Å². The Hall–Kier alpha value is -2.09. The molecular weight excluding hydrogens is 254 g/mol. The van der Waals surface area contributed by atoms with Crippen molar-refractivity contribution < 1.29 is 19.7 Å². The van der Waals surface area contributed by atoms with Crippen LogP contribution in [0.25, 0.3) is 10.4 Å². The minimum Gasteiger partial charge on any atom is -0.481 e. The Labute approximate surface area is 109 Å². The number of ether oxygens (including phenoxy) is 2. The van der Waals surface area contributed by atoms with E-state index in [4.69, 9.17) is 15.0 Å². The van der Waals surface area contributed by atoms with E-state index in [1.165, 1.54) is 20.4 Å². The third kappa shape index (κ3) is 3.95. The normalized spacial score (nSPS) is 13.3. The average molecular weight is 269 g/mol. The minimum atomic E-state index is -1.24. The molecule has 1 rings (SSSR count). The predicted molar refractivity (Wildman–Crippen MR) is 64.7 cm³/mol. The van der Waals surface area contributed by atoms with Crippen molar-refractivity contribution in [1.29, 1.82) is 0 Å². The molecule has 0 radical (unpaired) electrons. The number of nitrogens with zero attached hydrogens (tertiary/aromatic N) is 5. The van der Waals surface area contributed by atoms with E-state index in [-0.39, 0.29) is 30.4 Å². The minimum absolute atomic E-state index is 0.0774. The zero-order valence-electron chi connectivity index (χ0n) is 10.6. The molecule has 0 bridgehead atoms. The first-order chi connectivity index (χ1) is 9.13. The second-order valence-electron chi connectivity index (χ2n) is 3.58. The van der Waals surface area contributed by atoms with E-state index in [0.29, 0.717) is 0 Å². The first-order valence-corrected chi connectivity index (χ1v) is 5.46. The largest absolute Gasteiger partial charge is 0.481 e. The van der Waals surface area contributed by atoms with Crippen molar-refractivity contribution in [2.45, 2.75) is 18.6 Å². The molecular formula is C10H15N5O4. The van der Waals surface area contributed by atoms with Gasteiger partial charge >= 0.3 is 6.01 Å². The molecule has 1 aromatic rings. The van der Waals surface area contributed by atoms with Crippen LogP contribution in [0.2, 0.25) is 0 Å². The molecule has 1 aromatic heterocycles. The number of hydrogen-bond donors (Lipinski definition) is 2. The number of aliphatic hydroxyl groups excluding tert-OH is 2. The average Bonchev–Trinajstić information content (AvgIpc) is 2.45. The van der Waals surface area contributed by atoms with Gasteiger partial charge < -0.3 is 19.7 Å². The van der Waals surface area contributed by atoms with E-state index in [0.717, 1.165) is 0 Å². The Morgan fingerprint density at radius 2 is 2.16 bits per heavy atom. The van der Waals surface area contributed by atoms with Gasteiger partial charge in [-0.1, -0.05) is 5.11 Å². The van der Waals surface area contributed by atoms with Gasteiger partial charge in [0.15, 0.2) is 0 Å². The van der Waals surface area contributed by atoms with Gasteiger partial charge in [-0.3, -0.25) is 0 Å². The lowest BCUT2D eigenvalue weighted by molar-refractivity contribution is 0.0130. The lowest BCUT2D eigenvalue weighted by Crippen LogP contribution is -2.20. The molecule has 0 aliphatic heterocycles. The van der Waals surface area contributed by atoms with Gasteiger partial charge in [0.2, 0.25) is 5.88 Å². The summed E-state index contributed by atoms with van der Waals surface area (Å²) in [6.07, 6.45) is -0.932. The number of methoxy groups -OCH3 is 2. The van der Waals surface area contributed by atoms with Crippen molar-refractivity contribution in [2.75, 3.05) is 20.8 Å². The van der Waals surface area contributed by atoms with Crippen LogP contribution in [0.1, 0.15) is 18.1 Å². The maximum atomic E-state index is 9.98. The van der Waals surface area contributed by atoms with Crippen LogP contribution < -0.4 is 9.47 Å². The Morgan fingerprint density at radius 3 is 2.74 bits per heavy atom. The molecule has 9 heteroatoms. The topological polar surface area (TPSA) is 133 Å². The molecule has 19 heavy (non-hydrogen) atoms. The van der Waals surface area contributed by atoms with Crippen LogP contribution in [0.3, 0.4) is 0 Å². The molecule has 0 saturated carbocycles. The summed E-state index contributed by atoms with van der Waals surface area (Å²) in [6, 6.07) is 0.0939. The number of azide groups is 1. The fourth-order valence-electron chi connectivity index (χ4n) is 1.42. The number of rotatable bonds is 7. The third-order valence-electron chi connectivity index (χ3n) is 2.41. The van der Waals surface area contributed by atoms with Gasteiger partial charge in [-0.05, 0) is 12.0 Å². The van der Waals surface area contributed by atoms with E-state index >= 15 is 0 Å². The van der Waals surface area contributed by atoms with Crippen LogP contribution in [-0.4, -0.2) is 47.0 Å². The van der Waals surface area contributed by atoms with Crippen LogP contribution in [0.5, 0.6) is 11.9 Å². The monoisotopic (exact) mass is 269 g/mol. The van der Waals surface area contributed by atoms with Gasteiger partial charge in [0.25, 0.3) is 0 Å². The first-order valence-electron chi connectivity index (χ1n) is 5.46. The molecule has 0 aromatic carbocycles. The van der Waals surface area contributed by atoms with Crippen LogP contribution in [-0.2, 0) is 0 Å². The second kappa shape index (κ2) is 7.37. The van der Waals surface area contributed by atoms with Crippen LogP contribution in [0.15, 0.2) is 11.3 Å². The van der Waals surface area contributed by atoms with E-state index in [9.17, 15) is 10.2 Å². The van der Waals surface area contributed by atoms with Crippen LogP contribution in [0.4, 0.5) is 0 Å². The van der Waals surface area contributed by atoms with E-state index in [1.807, 2.05) is 0 Å². The highest BCUT2D eigenvalue weighted by Crippen LogP contribution is 2.27. The van der Waals surface area contributed by atoms with Crippen molar-refractivity contribution in [3.8, 4) is 11.9 Å². The quantitative estimate of drug-likeness (QED) is 0.422. The Balaban J connectivity index is 2.85. The zero-order valence-corrected chi connectivity index (χ0v) is 10.6. The summed E-state index contributed by atoms with van der Waals surface area (Å²) >= 11 is 0. The van der Waals surface area contributed by atoms with Gasteiger partial charge in [0.1, 0.15) is 6.10 Å². The summed E-state index contributed by atoms with van der Waals surface area (Å²) in [5, 5.41) is 23.0. The SMILES string of the molecule is COc1ncc(C(O)C(O)CCN=[N+]=[N-])c(OC)n1. The zero-order chi connectivity index (χ0) is 14.3. The van der Waals surface area contributed by atoms with E-state index in [2.05, 4.69) is 20.0 Å². The molecule has 0 aliphatic rings. The van der Waals surface area contributed by atoms with Crippen molar-refractivity contribution in [2.24, 2.45) is 5.11 Å². The third-order valence-corrected chi connectivity index (χ3v) is 2.41. The van der Waals surface area contributed by atoms with Gasteiger partial charge in [0.05, 0.1) is 25.9 Å². The van der Waals surface area contributed by atoms with Gasteiger partial charge in [0, 0.05) is 17.7 Å². The molecule has 0 aliphatic carbocycles. The summed E-state index contributed by atoms with van der Waals surface area (Å²) < 4.78 is 9.83. The highest BCUT2D eigenvalue weighted by molar-refractivity contribution is 5.28. The molecule has 104 valence electrons. The maximum absolute atomic E-state index is 9.98. The van der Waals surface area contributed by atoms with E-state index < -0.39 is 12.2 Å². The predicted octanol–water partition coefficient (Wildman–Crippen LogP) is 0.588. The van der Waals surface area contributed by atoms with Crippen molar-refractivity contribution in [1.82, 2.24) is 9.97 Å². The molecule has 2 N–H and O–H groups in total. The van der Waals surface area contributed by atoms with Crippen LogP contribution >= 0.6 is 0 Å². The first kappa shape index (κ1) is 15.0. The number of aromatic nitrogens is 2. The lowest BCUT2D eigenvalue weighted by atomic mass is 10.0. The maximum Gasteiger partial charge on any atom is 0.319 e. The smallest absolute Gasteiger partial charge is 0.319 e. The standard InChI is InChI=1S/C10H15N5O4/c1-18-9-6(5-12-10(14-9)19-2)8(17)7(16)3-4-13-15-11/h5,7-8,16-17H,3-4H2,1-2H3. The highest BCUT2D eigenvalue weighted by Gasteiger charge is 2.23. The Morgan fingerprint density at radius 1 is 1.42 bits per heavy atom. The summed E-state index contributed by atoms with van der Waals surface area (Å²) in [6.45, 7) is 0.0774. The molecule has 2 unspecified atom stereocenters. The Kier molecular flexibility index (Phi) is 5.80. The van der Waals surface area contributed by atoms with Gasteiger partial charge in [-0.15, -0.1) is 0 Å². The van der Waals surface area contributed by atoms with Crippen molar-refractivity contribution in [3.05, 3.63) is 22.2 Å². The summed E-state index contributed by atoms with van der Waals surface area (Å²) in [7, 11) is 2.78. The lowest BCUT2D eigenvalue weighted by Gasteiger charge is -2.18.